The van der Waals surface area contributed by atoms with Crippen molar-refractivity contribution in [1.29, 1.82) is 0 Å². The van der Waals surface area contributed by atoms with Crippen molar-refractivity contribution in [2.24, 2.45) is 7.05 Å². The Balaban J connectivity index is 2.02. The highest BCUT2D eigenvalue weighted by Gasteiger charge is 2.25. The zero-order valence-electron chi connectivity index (χ0n) is 14.2. The number of nitrogens with one attached hydrogen (secondary N) is 1. The zero-order chi connectivity index (χ0) is 18.7. The van der Waals surface area contributed by atoms with Gasteiger partial charge in [0.25, 0.3) is 5.91 Å². The van der Waals surface area contributed by atoms with Gasteiger partial charge in [-0.1, -0.05) is 29.8 Å². The Bertz CT molecular complexity index is 942. The van der Waals surface area contributed by atoms with Crippen LogP contribution in [0.4, 0.5) is 4.39 Å². The third kappa shape index (κ3) is 3.55. The van der Waals surface area contributed by atoms with Gasteiger partial charge in [0.15, 0.2) is 0 Å². The number of carbonyl (C=O) groups excluding carboxylic acids is 1. The SMILES string of the molecule is COc1ccccc1C(NC(=O)c1ccc(Cl)cc1F)c1nccn1C. The Hall–Kier alpha value is -2.86. The van der Waals surface area contributed by atoms with E-state index in [4.69, 9.17) is 16.3 Å². The van der Waals surface area contributed by atoms with Gasteiger partial charge in [0.2, 0.25) is 0 Å². The van der Waals surface area contributed by atoms with E-state index in [2.05, 4.69) is 10.3 Å². The number of hydrogen-bond donors (Lipinski definition) is 1. The number of halogens is 2. The third-order valence-electron chi connectivity index (χ3n) is 4.02. The van der Waals surface area contributed by atoms with Gasteiger partial charge in [-0.3, -0.25) is 4.79 Å². The number of aromatic nitrogens is 2. The Morgan fingerprint density at radius 2 is 2.08 bits per heavy atom. The summed E-state index contributed by atoms with van der Waals surface area (Å²) in [5.74, 6) is -0.0683. The fourth-order valence-electron chi connectivity index (χ4n) is 2.72. The summed E-state index contributed by atoms with van der Waals surface area (Å²) in [6.45, 7) is 0. The van der Waals surface area contributed by atoms with E-state index in [1.807, 2.05) is 25.2 Å². The molecule has 0 saturated heterocycles. The van der Waals surface area contributed by atoms with Gasteiger partial charge in [-0.05, 0) is 24.3 Å². The summed E-state index contributed by atoms with van der Waals surface area (Å²) in [4.78, 5) is 17.0. The van der Waals surface area contributed by atoms with Crippen molar-refractivity contribution < 1.29 is 13.9 Å². The molecule has 0 saturated carbocycles. The Morgan fingerprint density at radius 1 is 1.31 bits per heavy atom. The van der Waals surface area contributed by atoms with E-state index in [9.17, 15) is 9.18 Å². The first-order chi connectivity index (χ1) is 12.5. The van der Waals surface area contributed by atoms with Crippen molar-refractivity contribution in [1.82, 2.24) is 14.9 Å². The Labute approximate surface area is 155 Å². The molecule has 0 radical (unpaired) electrons. The predicted molar refractivity (Wildman–Crippen MR) is 96.9 cm³/mol. The Morgan fingerprint density at radius 3 is 2.73 bits per heavy atom. The molecular weight excluding hydrogens is 357 g/mol. The van der Waals surface area contributed by atoms with Gasteiger partial charge in [-0.15, -0.1) is 0 Å². The first-order valence-electron chi connectivity index (χ1n) is 7.87. The number of methoxy groups -OCH3 is 1. The molecule has 7 heteroatoms. The third-order valence-corrected chi connectivity index (χ3v) is 4.25. The van der Waals surface area contributed by atoms with Crippen molar-refractivity contribution in [3.8, 4) is 5.75 Å². The lowest BCUT2D eigenvalue weighted by Gasteiger charge is -2.21. The zero-order valence-corrected chi connectivity index (χ0v) is 15.0. The summed E-state index contributed by atoms with van der Waals surface area (Å²) in [5, 5.41) is 3.07. The van der Waals surface area contributed by atoms with E-state index in [1.54, 1.807) is 30.1 Å². The minimum atomic E-state index is -0.686. The molecule has 3 aromatic rings. The van der Waals surface area contributed by atoms with E-state index >= 15 is 0 Å². The van der Waals surface area contributed by atoms with Crippen LogP contribution in [0.25, 0.3) is 0 Å². The highest BCUT2D eigenvalue weighted by molar-refractivity contribution is 6.30. The lowest BCUT2D eigenvalue weighted by Crippen LogP contribution is -2.32. The molecule has 1 aromatic heterocycles. The number of carbonyl (C=O) groups is 1. The molecule has 2 aromatic carbocycles. The summed E-state index contributed by atoms with van der Waals surface area (Å²) < 4.78 is 21.3. The number of amides is 1. The molecule has 0 aliphatic rings. The molecule has 3 rings (SSSR count). The summed E-state index contributed by atoms with van der Waals surface area (Å²) in [7, 11) is 3.37. The fourth-order valence-corrected chi connectivity index (χ4v) is 2.88. The van der Waals surface area contributed by atoms with Crippen LogP contribution in [-0.4, -0.2) is 22.6 Å². The van der Waals surface area contributed by atoms with E-state index in [0.717, 1.165) is 6.07 Å². The minimum absolute atomic E-state index is 0.0940. The number of para-hydroxylation sites is 1. The maximum absolute atomic E-state index is 14.1. The molecule has 1 heterocycles. The van der Waals surface area contributed by atoms with Crippen LogP contribution >= 0.6 is 11.6 Å². The first-order valence-corrected chi connectivity index (χ1v) is 8.25. The largest absolute Gasteiger partial charge is 0.496 e. The first kappa shape index (κ1) is 17.9. The smallest absolute Gasteiger partial charge is 0.255 e. The highest BCUT2D eigenvalue weighted by Crippen LogP contribution is 2.29. The van der Waals surface area contributed by atoms with Crippen molar-refractivity contribution in [2.45, 2.75) is 6.04 Å². The molecule has 0 aliphatic heterocycles. The van der Waals surface area contributed by atoms with Crippen LogP contribution in [0, 0.1) is 5.82 Å². The predicted octanol–water partition coefficient (Wildman–Crippen LogP) is 3.74. The van der Waals surface area contributed by atoms with Crippen LogP contribution in [0.3, 0.4) is 0 Å². The molecule has 134 valence electrons. The topological polar surface area (TPSA) is 56.1 Å². The van der Waals surface area contributed by atoms with Gasteiger partial charge < -0.3 is 14.6 Å². The molecule has 0 spiro atoms. The van der Waals surface area contributed by atoms with Crippen molar-refractivity contribution in [3.05, 3.63) is 82.6 Å². The number of hydrogen-bond acceptors (Lipinski definition) is 3. The molecule has 1 unspecified atom stereocenters. The average Bonchev–Trinajstić information content (AvgIpc) is 3.05. The number of ether oxygens (including phenoxy) is 1. The van der Waals surface area contributed by atoms with Crippen molar-refractivity contribution >= 4 is 17.5 Å². The summed E-state index contributed by atoms with van der Waals surface area (Å²) in [5.41, 5.74) is 0.621. The van der Waals surface area contributed by atoms with Gasteiger partial charge in [-0.2, -0.15) is 0 Å². The summed E-state index contributed by atoms with van der Waals surface area (Å²) in [6, 6.07) is 10.6. The van der Waals surface area contributed by atoms with Crippen LogP contribution in [0.5, 0.6) is 5.75 Å². The van der Waals surface area contributed by atoms with E-state index in [0.29, 0.717) is 17.1 Å². The molecule has 0 aliphatic carbocycles. The molecular formula is C19H17ClFN3O2. The molecule has 1 amide bonds. The molecule has 0 bridgehead atoms. The van der Waals surface area contributed by atoms with Gasteiger partial charge in [0.05, 0.1) is 12.7 Å². The molecule has 26 heavy (non-hydrogen) atoms. The summed E-state index contributed by atoms with van der Waals surface area (Å²) in [6.07, 6.45) is 3.40. The highest BCUT2D eigenvalue weighted by atomic mass is 35.5. The number of benzene rings is 2. The normalized spacial score (nSPS) is 11.8. The molecule has 1 N–H and O–H groups in total. The van der Waals surface area contributed by atoms with Crippen LogP contribution in [0.1, 0.15) is 27.8 Å². The van der Waals surface area contributed by atoms with E-state index < -0.39 is 17.8 Å². The molecule has 5 nitrogen and oxygen atoms in total. The van der Waals surface area contributed by atoms with Gasteiger partial charge in [0, 0.05) is 30.0 Å². The number of aryl methyl sites for hydroxylation is 1. The standard InChI is InChI=1S/C19H17ClFN3O2/c1-24-10-9-22-18(24)17(14-5-3-4-6-16(14)26-2)23-19(25)13-8-7-12(20)11-15(13)21/h3-11,17H,1-2H3,(H,23,25). The average molecular weight is 374 g/mol. The minimum Gasteiger partial charge on any atom is -0.496 e. The number of nitrogens with zero attached hydrogens (tertiary/aromatic N) is 2. The van der Waals surface area contributed by atoms with E-state index in [-0.39, 0.29) is 10.6 Å². The molecule has 1 atom stereocenters. The van der Waals surface area contributed by atoms with Gasteiger partial charge >= 0.3 is 0 Å². The van der Waals surface area contributed by atoms with Crippen molar-refractivity contribution in [3.63, 3.8) is 0 Å². The number of imidazole rings is 1. The van der Waals surface area contributed by atoms with Crippen LogP contribution in [-0.2, 0) is 7.05 Å². The molecule has 0 fully saturated rings. The summed E-state index contributed by atoms with van der Waals surface area (Å²) >= 11 is 5.76. The fraction of sp³-hybridized carbons (Fsp3) is 0.158. The number of rotatable bonds is 5. The second kappa shape index (κ2) is 7.58. The van der Waals surface area contributed by atoms with Crippen LogP contribution in [0.15, 0.2) is 54.9 Å². The van der Waals surface area contributed by atoms with Gasteiger partial charge in [0.1, 0.15) is 23.4 Å². The van der Waals surface area contributed by atoms with Gasteiger partial charge in [-0.25, -0.2) is 9.37 Å². The quantitative estimate of drug-likeness (QED) is 0.741. The van der Waals surface area contributed by atoms with E-state index in [1.165, 1.54) is 12.1 Å². The van der Waals surface area contributed by atoms with Crippen LogP contribution < -0.4 is 10.1 Å². The maximum atomic E-state index is 14.1. The maximum Gasteiger partial charge on any atom is 0.255 e. The lowest BCUT2D eigenvalue weighted by atomic mass is 10.0. The monoisotopic (exact) mass is 373 g/mol. The second-order valence-electron chi connectivity index (χ2n) is 5.67. The van der Waals surface area contributed by atoms with Crippen molar-refractivity contribution in [2.75, 3.05) is 7.11 Å². The second-order valence-corrected chi connectivity index (χ2v) is 6.11. The van der Waals surface area contributed by atoms with Crippen LogP contribution in [0.2, 0.25) is 5.02 Å². The lowest BCUT2D eigenvalue weighted by molar-refractivity contribution is 0.0936. The Kier molecular flexibility index (Phi) is 5.23.